The summed E-state index contributed by atoms with van der Waals surface area (Å²) in [6.45, 7) is 5.29. The van der Waals surface area contributed by atoms with E-state index >= 15 is 0 Å². The fourth-order valence-corrected chi connectivity index (χ4v) is 2.61. The van der Waals surface area contributed by atoms with Crippen LogP contribution in [0.4, 0.5) is 0 Å². The third-order valence-electron chi connectivity index (χ3n) is 3.38. The largest absolute Gasteiger partial charge is 0.396 e. The summed E-state index contributed by atoms with van der Waals surface area (Å²) in [4.78, 5) is 4.33. The summed E-state index contributed by atoms with van der Waals surface area (Å²) in [5, 5.41) is 14.6. The van der Waals surface area contributed by atoms with E-state index < -0.39 is 0 Å². The molecule has 1 atom stereocenters. The minimum Gasteiger partial charge on any atom is -0.396 e. The van der Waals surface area contributed by atoms with E-state index in [0.29, 0.717) is 5.92 Å². The second kappa shape index (κ2) is 7.57. The molecule has 21 heavy (non-hydrogen) atoms. The highest BCUT2D eigenvalue weighted by Crippen LogP contribution is 2.17. The van der Waals surface area contributed by atoms with Gasteiger partial charge in [0.25, 0.3) is 0 Å². The van der Waals surface area contributed by atoms with Gasteiger partial charge in [0.2, 0.25) is 0 Å². The lowest BCUT2D eigenvalue weighted by Gasteiger charge is -2.15. The van der Waals surface area contributed by atoms with Gasteiger partial charge in [0.15, 0.2) is 0 Å². The van der Waals surface area contributed by atoms with Crippen LogP contribution in [0.15, 0.2) is 30.6 Å². The summed E-state index contributed by atoms with van der Waals surface area (Å²) in [6, 6.07) is 7.78. The van der Waals surface area contributed by atoms with Crippen molar-refractivity contribution in [2.75, 3.05) is 6.61 Å². The maximum atomic E-state index is 9.64. The molecule has 0 aliphatic carbocycles. The van der Waals surface area contributed by atoms with E-state index in [0.717, 1.165) is 35.8 Å². The van der Waals surface area contributed by atoms with Crippen LogP contribution in [-0.2, 0) is 19.4 Å². The fraction of sp³-hybridized carbons (Fsp3) is 0.500. The van der Waals surface area contributed by atoms with E-state index in [-0.39, 0.29) is 12.5 Å². The molecule has 2 aromatic rings. The predicted octanol–water partition coefficient (Wildman–Crippen LogP) is 2.98. The second-order valence-electron chi connectivity index (χ2n) is 5.84. The van der Waals surface area contributed by atoms with Crippen LogP contribution in [0.1, 0.15) is 25.2 Å². The molecule has 0 spiro atoms. The lowest BCUT2D eigenvalue weighted by atomic mass is 9.96. The Morgan fingerprint density at radius 3 is 2.76 bits per heavy atom. The number of benzene rings is 1. The third-order valence-corrected chi connectivity index (χ3v) is 3.61. The van der Waals surface area contributed by atoms with Crippen LogP contribution in [0.3, 0.4) is 0 Å². The van der Waals surface area contributed by atoms with Crippen molar-refractivity contribution in [3.63, 3.8) is 0 Å². The minimum atomic E-state index is 0.124. The summed E-state index contributed by atoms with van der Waals surface area (Å²) in [7, 11) is 0. The standard InChI is InChI=1S/C16H22ClN3O/c1-12(2)9-20-16(18-11-19-20)8-14(10-21)6-13-4-3-5-15(17)7-13/h3-5,7,11-12,14,21H,6,8-10H2,1-2H3. The highest BCUT2D eigenvalue weighted by atomic mass is 35.5. The molecule has 2 rings (SSSR count). The van der Waals surface area contributed by atoms with E-state index in [1.165, 1.54) is 0 Å². The molecule has 4 nitrogen and oxygen atoms in total. The number of nitrogens with zero attached hydrogens (tertiary/aromatic N) is 3. The van der Waals surface area contributed by atoms with Gasteiger partial charge in [-0.15, -0.1) is 0 Å². The number of aliphatic hydroxyl groups excluding tert-OH is 1. The molecule has 0 bridgehead atoms. The molecule has 114 valence electrons. The van der Waals surface area contributed by atoms with Crippen molar-refractivity contribution in [2.24, 2.45) is 11.8 Å². The molecule has 0 aliphatic heterocycles. The van der Waals surface area contributed by atoms with E-state index in [1.54, 1.807) is 6.33 Å². The fourth-order valence-electron chi connectivity index (χ4n) is 2.40. The summed E-state index contributed by atoms with van der Waals surface area (Å²) in [5.41, 5.74) is 1.14. The second-order valence-corrected chi connectivity index (χ2v) is 6.28. The number of hydrogen-bond acceptors (Lipinski definition) is 3. The van der Waals surface area contributed by atoms with Crippen molar-refractivity contribution in [3.05, 3.63) is 47.0 Å². The zero-order chi connectivity index (χ0) is 15.2. The Labute approximate surface area is 130 Å². The Kier molecular flexibility index (Phi) is 5.76. The van der Waals surface area contributed by atoms with Crippen molar-refractivity contribution < 1.29 is 5.11 Å². The molecule has 0 fully saturated rings. The Hall–Kier alpha value is -1.39. The van der Waals surface area contributed by atoms with Gasteiger partial charge in [-0.25, -0.2) is 9.67 Å². The predicted molar refractivity (Wildman–Crippen MR) is 84.3 cm³/mol. The maximum absolute atomic E-state index is 9.64. The van der Waals surface area contributed by atoms with Gasteiger partial charge in [-0.2, -0.15) is 5.10 Å². The molecule has 0 aliphatic rings. The van der Waals surface area contributed by atoms with Crippen molar-refractivity contribution in [2.45, 2.75) is 33.2 Å². The molecular weight excluding hydrogens is 286 g/mol. The SMILES string of the molecule is CC(C)Cn1ncnc1CC(CO)Cc1cccc(Cl)c1. The van der Waals surface area contributed by atoms with E-state index in [2.05, 4.69) is 23.9 Å². The normalized spacial score (nSPS) is 12.8. The first-order chi connectivity index (χ1) is 10.1. The van der Waals surface area contributed by atoms with Gasteiger partial charge in [0.1, 0.15) is 12.2 Å². The van der Waals surface area contributed by atoms with Crippen molar-refractivity contribution in [3.8, 4) is 0 Å². The lowest BCUT2D eigenvalue weighted by Crippen LogP contribution is -2.18. The highest BCUT2D eigenvalue weighted by Gasteiger charge is 2.15. The Balaban J connectivity index is 2.04. The number of rotatable bonds is 7. The van der Waals surface area contributed by atoms with E-state index in [1.807, 2.05) is 28.9 Å². The highest BCUT2D eigenvalue weighted by molar-refractivity contribution is 6.30. The van der Waals surface area contributed by atoms with Gasteiger partial charge in [-0.1, -0.05) is 37.6 Å². The Morgan fingerprint density at radius 2 is 2.10 bits per heavy atom. The molecule has 1 aromatic heterocycles. The van der Waals surface area contributed by atoms with Crippen molar-refractivity contribution in [1.29, 1.82) is 0 Å². The van der Waals surface area contributed by atoms with Crippen LogP contribution in [0.25, 0.3) is 0 Å². The molecule has 1 heterocycles. The van der Waals surface area contributed by atoms with Crippen LogP contribution in [0.5, 0.6) is 0 Å². The third kappa shape index (κ3) is 4.83. The Morgan fingerprint density at radius 1 is 1.29 bits per heavy atom. The first kappa shape index (κ1) is 16.0. The van der Waals surface area contributed by atoms with Crippen molar-refractivity contribution >= 4 is 11.6 Å². The number of aliphatic hydroxyl groups is 1. The minimum absolute atomic E-state index is 0.124. The quantitative estimate of drug-likeness (QED) is 0.855. The topological polar surface area (TPSA) is 50.9 Å². The summed E-state index contributed by atoms with van der Waals surface area (Å²) in [6.07, 6.45) is 3.09. The van der Waals surface area contributed by atoms with Crippen LogP contribution >= 0.6 is 11.6 Å². The van der Waals surface area contributed by atoms with Gasteiger partial charge < -0.3 is 5.11 Å². The van der Waals surface area contributed by atoms with E-state index in [4.69, 9.17) is 11.6 Å². The smallest absolute Gasteiger partial charge is 0.138 e. The van der Waals surface area contributed by atoms with Gasteiger partial charge in [0.05, 0.1) is 0 Å². The van der Waals surface area contributed by atoms with Crippen molar-refractivity contribution in [1.82, 2.24) is 14.8 Å². The Bertz CT molecular complexity index is 568. The van der Waals surface area contributed by atoms with Gasteiger partial charge in [-0.3, -0.25) is 0 Å². The first-order valence-corrected chi connectivity index (χ1v) is 7.68. The number of aromatic nitrogens is 3. The molecule has 0 amide bonds. The average molecular weight is 308 g/mol. The molecule has 1 aromatic carbocycles. The summed E-state index contributed by atoms with van der Waals surface area (Å²) < 4.78 is 1.94. The molecule has 0 saturated carbocycles. The summed E-state index contributed by atoms with van der Waals surface area (Å²) in [5.74, 6) is 1.58. The first-order valence-electron chi connectivity index (χ1n) is 7.30. The van der Waals surface area contributed by atoms with E-state index in [9.17, 15) is 5.11 Å². The number of hydrogen-bond donors (Lipinski definition) is 1. The molecule has 1 unspecified atom stereocenters. The number of halogens is 1. The molecule has 0 radical (unpaired) electrons. The van der Waals surface area contributed by atoms with Crippen LogP contribution in [0, 0.1) is 11.8 Å². The monoisotopic (exact) mass is 307 g/mol. The van der Waals surface area contributed by atoms with Gasteiger partial charge >= 0.3 is 0 Å². The zero-order valence-electron chi connectivity index (χ0n) is 12.5. The van der Waals surface area contributed by atoms with Crippen LogP contribution < -0.4 is 0 Å². The average Bonchev–Trinajstić information content (AvgIpc) is 2.84. The summed E-state index contributed by atoms with van der Waals surface area (Å²) >= 11 is 6.01. The maximum Gasteiger partial charge on any atom is 0.138 e. The van der Waals surface area contributed by atoms with Gasteiger partial charge in [-0.05, 0) is 36.0 Å². The zero-order valence-corrected chi connectivity index (χ0v) is 13.3. The molecular formula is C16H22ClN3O. The molecule has 0 saturated heterocycles. The lowest BCUT2D eigenvalue weighted by molar-refractivity contribution is 0.221. The molecule has 5 heteroatoms. The van der Waals surface area contributed by atoms with Crippen LogP contribution in [-0.4, -0.2) is 26.5 Å². The molecule has 1 N–H and O–H groups in total. The van der Waals surface area contributed by atoms with Gasteiger partial charge in [0, 0.05) is 24.6 Å². The van der Waals surface area contributed by atoms with Crippen LogP contribution in [0.2, 0.25) is 5.02 Å².